The van der Waals surface area contributed by atoms with Crippen molar-refractivity contribution < 1.29 is 9.53 Å². The summed E-state index contributed by atoms with van der Waals surface area (Å²) in [5.41, 5.74) is 2.40. The van der Waals surface area contributed by atoms with Gasteiger partial charge in [0.1, 0.15) is 0 Å². The Morgan fingerprint density at radius 3 is 2.55 bits per heavy atom. The van der Waals surface area contributed by atoms with Gasteiger partial charge in [-0.3, -0.25) is 4.79 Å². The van der Waals surface area contributed by atoms with Gasteiger partial charge in [-0.1, -0.05) is 30.3 Å². The zero-order chi connectivity index (χ0) is 15.6. The lowest BCUT2D eigenvalue weighted by molar-refractivity contribution is 0.0945. The van der Waals surface area contributed by atoms with Crippen molar-refractivity contribution in [3.63, 3.8) is 0 Å². The summed E-state index contributed by atoms with van der Waals surface area (Å²) in [7, 11) is 0. The molecule has 4 nitrogen and oxygen atoms in total. The van der Waals surface area contributed by atoms with Crippen molar-refractivity contribution >= 4 is 17.3 Å². The van der Waals surface area contributed by atoms with E-state index in [9.17, 15) is 4.79 Å². The molecule has 0 aliphatic heterocycles. The molecular formula is C18H22N2O2. The molecule has 2 rings (SSSR count). The zero-order valence-electron chi connectivity index (χ0n) is 12.8. The maximum Gasteiger partial charge on any atom is 0.253 e. The van der Waals surface area contributed by atoms with E-state index in [1.807, 2.05) is 61.5 Å². The van der Waals surface area contributed by atoms with Crippen LogP contribution in [-0.4, -0.2) is 25.7 Å². The molecular weight excluding hydrogens is 276 g/mol. The Kier molecular flexibility index (Phi) is 6.45. The van der Waals surface area contributed by atoms with Gasteiger partial charge in [0.2, 0.25) is 0 Å². The van der Waals surface area contributed by atoms with Crippen LogP contribution >= 0.6 is 0 Å². The molecule has 0 aliphatic rings. The van der Waals surface area contributed by atoms with E-state index in [0.29, 0.717) is 25.3 Å². The van der Waals surface area contributed by atoms with Gasteiger partial charge in [0.15, 0.2) is 0 Å². The predicted octanol–water partition coefficient (Wildman–Crippen LogP) is 3.59. The Balaban J connectivity index is 1.97. The predicted molar refractivity (Wildman–Crippen MR) is 89.6 cm³/mol. The highest BCUT2D eigenvalue weighted by Crippen LogP contribution is 2.20. The second kappa shape index (κ2) is 8.85. The van der Waals surface area contributed by atoms with E-state index < -0.39 is 0 Å². The fourth-order valence-corrected chi connectivity index (χ4v) is 2.08. The maximum absolute atomic E-state index is 12.3. The van der Waals surface area contributed by atoms with Gasteiger partial charge < -0.3 is 15.4 Å². The number of nitrogens with one attached hydrogen (secondary N) is 2. The number of anilines is 2. The Morgan fingerprint density at radius 1 is 1.05 bits per heavy atom. The highest BCUT2D eigenvalue weighted by atomic mass is 16.5. The van der Waals surface area contributed by atoms with Gasteiger partial charge in [-0.2, -0.15) is 0 Å². The summed E-state index contributed by atoms with van der Waals surface area (Å²) >= 11 is 0. The van der Waals surface area contributed by atoms with E-state index in [1.54, 1.807) is 0 Å². The molecule has 0 spiro atoms. The van der Waals surface area contributed by atoms with E-state index in [2.05, 4.69) is 10.6 Å². The second-order valence-corrected chi connectivity index (χ2v) is 4.84. The van der Waals surface area contributed by atoms with Gasteiger partial charge in [0.25, 0.3) is 5.91 Å². The van der Waals surface area contributed by atoms with E-state index in [-0.39, 0.29) is 5.91 Å². The van der Waals surface area contributed by atoms with Crippen molar-refractivity contribution in [3.8, 4) is 0 Å². The van der Waals surface area contributed by atoms with Crippen molar-refractivity contribution in [2.24, 2.45) is 0 Å². The Labute approximate surface area is 131 Å². The highest BCUT2D eigenvalue weighted by Gasteiger charge is 2.10. The summed E-state index contributed by atoms with van der Waals surface area (Å²) in [6, 6.07) is 17.3. The van der Waals surface area contributed by atoms with E-state index in [4.69, 9.17) is 4.74 Å². The minimum atomic E-state index is -0.0736. The normalized spacial score (nSPS) is 10.2. The van der Waals surface area contributed by atoms with E-state index in [0.717, 1.165) is 17.8 Å². The molecule has 0 heterocycles. The molecule has 0 unspecified atom stereocenters. The third kappa shape index (κ3) is 4.90. The van der Waals surface area contributed by atoms with Gasteiger partial charge in [-0.25, -0.2) is 0 Å². The molecule has 0 radical (unpaired) electrons. The fraction of sp³-hybridized carbons (Fsp3) is 0.278. The summed E-state index contributed by atoms with van der Waals surface area (Å²) in [6.45, 7) is 3.95. The molecule has 0 atom stereocenters. The molecule has 0 aliphatic carbocycles. The van der Waals surface area contributed by atoms with Crippen LogP contribution in [0, 0.1) is 0 Å². The third-order valence-corrected chi connectivity index (χ3v) is 3.18. The van der Waals surface area contributed by atoms with Crippen LogP contribution in [0.3, 0.4) is 0 Å². The van der Waals surface area contributed by atoms with Crippen molar-refractivity contribution in [2.75, 3.05) is 25.1 Å². The van der Waals surface area contributed by atoms with Gasteiger partial charge in [0.05, 0.1) is 11.3 Å². The fourth-order valence-electron chi connectivity index (χ4n) is 2.08. The van der Waals surface area contributed by atoms with Crippen LogP contribution in [0.15, 0.2) is 54.6 Å². The Bertz CT molecular complexity index is 585. The molecule has 22 heavy (non-hydrogen) atoms. The van der Waals surface area contributed by atoms with Crippen LogP contribution in [0.5, 0.6) is 0 Å². The number of carbonyl (C=O) groups is 1. The van der Waals surface area contributed by atoms with Crippen LogP contribution in [0.1, 0.15) is 23.7 Å². The summed E-state index contributed by atoms with van der Waals surface area (Å²) in [5.74, 6) is -0.0736. The van der Waals surface area contributed by atoms with Gasteiger partial charge in [-0.05, 0) is 37.6 Å². The first-order chi connectivity index (χ1) is 10.8. The average molecular weight is 298 g/mol. The first-order valence-corrected chi connectivity index (χ1v) is 7.58. The number of rotatable bonds is 8. The third-order valence-electron chi connectivity index (χ3n) is 3.18. The Hall–Kier alpha value is -2.33. The molecule has 0 bridgehead atoms. The van der Waals surface area contributed by atoms with Gasteiger partial charge >= 0.3 is 0 Å². The zero-order valence-corrected chi connectivity index (χ0v) is 12.8. The van der Waals surface area contributed by atoms with Crippen molar-refractivity contribution in [1.29, 1.82) is 0 Å². The lowest BCUT2D eigenvalue weighted by Gasteiger charge is -2.12. The van der Waals surface area contributed by atoms with Crippen LogP contribution in [-0.2, 0) is 4.74 Å². The number of hydrogen-bond donors (Lipinski definition) is 2. The number of hydrogen-bond acceptors (Lipinski definition) is 3. The molecule has 0 saturated heterocycles. The van der Waals surface area contributed by atoms with E-state index >= 15 is 0 Å². The lowest BCUT2D eigenvalue weighted by atomic mass is 10.1. The maximum atomic E-state index is 12.3. The first kappa shape index (κ1) is 16.0. The van der Waals surface area contributed by atoms with Gasteiger partial charge in [0, 0.05) is 25.4 Å². The molecule has 0 aromatic heterocycles. The standard InChI is InChI=1S/C18H22N2O2/c1-2-22-14-8-13-19-18(21)16-11-6-7-12-17(16)20-15-9-4-3-5-10-15/h3-7,9-12,20H,2,8,13-14H2,1H3,(H,19,21). The van der Waals surface area contributed by atoms with Crippen molar-refractivity contribution in [2.45, 2.75) is 13.3 Å². The summed E-state index contributed by atoms with van der Waals surface area (Å²) in [4.78, 5) is 12.3. The number of para-hydroxylation sites is 2. The Morgan fingerprint density at radius 2 is 1.77 bits per heavy atom. The van der Waals surface area contributed by atoms with Crippen LogP contribution in [0.2, 0.25) is 0 Å². The van der Waals surface area contributed by atoms with Crippen molar-refractivity contribution in [3.05, 3.63) is 60.2 Å². The minimum Gasteiger partial charge on any atom is -0.382 e. The second-order valence-electron chi connectivity index (χ2n) is 4.84. The monoisotopic (exact) mass is 298 g/mol. The summed E-state index contributed by atoms with van der Waals surface area (Å²) < 4.78 is 5.26. The quantitative estimate of drug-likeness (QED) is 0.732. The molecule has 1 amide bonds. The summed E-state index contributed by atoms with van der Waals surface area (Å²) in [5, 5.41) is 6.20. The average Bonchev–Trinajstić information content (AvgIpc) is 2.56. The number of carbonyl (C=O) groups excluding carboxylic acids is 1. The number of amides is 1. The number of ether oxygens (including phenoxy) is 1. The molecule has 2 aromatic carbocycles. The minimum absolute atomic E-state index is 0.0736. The smallest absolute Gasteiger partial charge is 0.253 e. The van der Waals surface area contributed by atoms with Crippen LogP contribution in [0.4, 0.5) is 11.4 Å². The molecule has 0 saturated carbocycles. The largest absolute Gasteiger partial charge is 0.382 e. The highest BCUT2D eigenvalue weighted by molar-refractivity contribution is 6.00. The molecule has 4 heteroatoms. The topological polar surface area (TPSA) is 50.4 Å². The van der Waals surface area contributed by atoms with Crippen LogP contribution < -0.4 is 10.6 Å². The molecule has 2 N–H and O–H groups in total. The van der Waals surface area contributed by atoms with E-state index in [1.165, 1.54) is 0 Å². The van der Waals surface area contributed by atoms with Crippen LogP contribution in [0.25, 0.3) is 0 Å². The lowest BCUT2D eigenvalue weighted by Crippen LogP contribution is -2.26. The first-order valence-electron chi connectivity index (χ1n) is 7.58. The van der Waals surface area contributed by atoms with Crippen molar-refractivity contribution in [1.82, 2.24) is 5.32 Å². The molecule has 0 fully saturated rings. The SMILES string of the molecule is CCOCCCNC(=O)c1ccccc1Nc1ccccc1. The van der Waals surface area contributed by atoms with Gasteiger partial charge in [-0.15, -0.1) is 0 Å². The number of benzene rings is 2. The molecule has 116 valence electrons. The molecule has 2 aromatic rings. The summed E-state index contributed by atoms with van der Waals surface area (Å²) in [6.07, 6.45) is 0.813.